The van der Waals surface area contributed by atoms with Crippen LogP contribution in [0.5, 0.6) is 0 Å². The number of thioether (sulfide) groups is 1. The molecule has 4 nitrogen and oxygen atoms in total. The van der Waals surface area contributed by atoms with Gasteiger partial charge in [-0.1, -0.05) is 27.5 Å². The second-order valence-electron chi connectivity index (χ2n) is 4.72. The Morgan fingerprint density at radius 1 is 1.22 bits per heavy atom. The van der Waals surface area contributed by atoms with Crippen molar-refractivity contribution in [3.63, 3.8) is 0 Å². The molecule has 0 atom stereocenters. The zero-order valence-electron chi connectivity index (χ0n) is 11.9. The van der Waals surface area contributed by atoms with Crippen molar-refractivity contribution in [3.05, 3.63) is 67.9 Å². The number of rotatable bonds is 3. The SMILES string of the molecule is CSC1=C(Nc2ccc(Br)cc2Cl)C(=O)c2cccnc2C1=O. The molecule has 23 heavy (non-hydrogen) atoms. The number of benzene rings is 1. The maximum atomic E-state index is 12.7. The maximum Gasteiger partial charge on any atom is 0.220 e. The Labute approximate surface area is 150 Å². The molecule has 1 heterocycles. The molecule has 0 saturated carbocycles. The van der Waals surface area contributed by atoms with E-state index in [1.54, 1.807) is 36.6 Å². The van der Waals surface area contributed by atoms with E-state index in [2.05, 4.69) is 26.2 Å². The molecule has 1 aromatic heterocycles. The van der Waals surface area contributed by atoms with E-state index in [-0.39, 0.29) is 23.0 Å². The minimum absolute atomic E-state index is 0.189. The number of allylic oxidation sites excluding steroid dienone is 2. The second kappa shape index (κ2) is 6.47. The van der Waals surface area contributed by atoms with E-state index >= 15 is 0 Å². The Bertz CT molecular complexity index is 867. The third kappa shape index (κ3) is 2.94. The number of pyridine rings is 1. The fraction of sp³-hybridized carbons (Fsp3) is 0.0625. The highest BCUT2D eigenvalue weighted by Gasteiger charge is 2.33. The number of carbonyl (C=O) groups excluding carboxylic acids is 2. The lowest BCUT2D eigenvalue weighted by molar-refractivity contribution is 0.0979. The fourth-order valence-corrected chi connectivity index (χ4v) is 3.61. The van der Waals surface area contributed by atoms with E-state index in [0.717, 1.165) is 4.47 Å². The number of hydrogen-bond donors (Lipinski definition) is 1. The first-order valence-corrected chi connectivity index (χ1v) is 8.97. The molecular weight excluding hydrogens is 400 g/mol. The smallest absolute Gasteiger partial charge is 0.220 e. The topological polar surface area (TPSA) is 59.1 Å². The van der Waals surface area contributed by atoms with Crippen LogP contribution in [0.25, 0.3) is 0 Å². The van der Waals surface area contributed by atoms with Crippen molar-refractivity contribution in [2.75, 3.05) is 11.6 Å². The molecule has 0 bridgehead atoms. The number of Topliss-reactive ketones (excluding diaryl/α,β-unsaturated/α-hetero) is 2. The summed E-state index contributed by atoms with van der Waals surface area (Å²) in [7, 11) is 0. The molecule has 1 aliphatic rings. The summed E-state index contributed by atoms with van der Waals surface area (Å²) < 4.78 is 0.827. The van der Waals surface area contributed by atoms with Gasteiger partial charge < -0.3 is 5.32 Å². The Kier molecular flexibility index (Phi) is 4.57. The summed E-state index contributed by atoms with van der Waals surface area (Å²) >= 11 is 10.7. The number of nitrogens with zero attached hydrogens (tertiary/aromatic N) is 1. The molecule has 2 aromatic rings. The number of hydrogen-bond acceptors (Lipinski definition) is 5. The number of halogens is 2. The lowest BCUT2D eigenvalue weighted by Crippen LogP contribution is -2.26. The van der Waals surface area contributed by atoms with Gasteiger partial charge in [-0.05, 0) is 36.6 Å². The highest BCUT2D eigenvalue weighted by Crippen LogP contribution is 2.33. The molecule has 0 fully saturated rings. The van der Waals surface area contributed by atoms with Gasteiger partial charge in [0.15, 0.2) is 0 Å². The van der Waals surface area contributed by atoms with Crippen LogP contribution in [0.15, 0.2) is 51.6 Å². The molecule has 0 saturated heterocycles. The molecule has 116 valence electrons. The summed E-state index contributed by atoms with van der Waals surface area (Å²) in [5, 5.41) is 3.45. The van der Waals surface area contributed by atoms with Crippen LogP contribution < -0.4 is 5.32 Å². The van der Waals surface area contributed by atoms with Crippen molar-refractivity contribution in [2.24, 2.45) is 0 Å². The van der Waals surface area contributed by atoms with Crippen LogP contribution in [-0.2, 0) is 0 Å². The number of anilines is 1. The van der Waals surface area contributed by atoms with Gasteiger partial charge >= 0.3 is 0 Å². The summed E-state index contributed by atoms with van der Waals surface area (Å²) in [5.41, 5.74) is 1.28. The lowest BCUT2D eigenvalue weighted by atomic mass is 9.96. The normalized spacial score (nSPS) is 14.0. The number of ketones is 2. The van der Waals surface area contributed by atoms with Gasteiger partial charge in [0.25, 0.3) is 0 Å². The monoisotopic (exact) mass is 408 g/mol. The van der Waals surface area contributed by atoms with Crippen LogP contribution in [0.2, 0.25) is 5.02 Å². The largest absolute Gasteiger partial charge is 0.350 e. The molecule has 0 aliphatic heterocycles. The number of nitrogens with one attached hydrogen (secondary N) is 1. The van der Waals surface area contributed by atoms with Gasteiger partial charge in [0.1, 0.15) is 11.4 Å². The highest BCUT2D eigenvalue weighted by atomic mass is 79.9. The van der Waals surface area contributed by atoms with Gasteiger partial charge in [0.2, 0.25) is 11.6 Å². The van der Waals surface area contributed by atoms with E-state index in [1.807, 2.05) is 0 Å². The van der Waals surface area contributed by atoms with Gasteiger partial charge in [0.05, 0.1) is 21.2 Å². The average molecular weight is 410 g/mol. The maximum absolute atomic E-state index is 12.7. The van der Waals surface area contributed by atoms with Crippen LogP contribution >= 0.6 is 39.3 Å². The molecule has 0 spiro atoms. The summed E-state index contributed by atoms with van der Waals surface area (Å²) in [6.07, 6.45) is 3.26. The van der Waals surface area contributed by atoms with Crippen LogP contribution in [0.4, 0.5) is 5.69 Å². The molecule has 1 N–H and O–H groups in total. The van der Waals surface area contributed by atoms with Crippen LogP contribution in [0, 0.1) is 0 Å². The van der Waals surface area contributed by atoms with Gasteiger partial charge in [-0.3, -0.25) is 14.6 Å². The predicted molar refractivity (Wildman–Crippen MR) is 96.2 cm³/mol. The van der Waals surface area contributed by atoms with Crippen LogP contribution in [-0.4, -0.2) is 22.8 Å². The molecule has 0 unspecified atom stereocenters. The molecule has 1 aromatic carbocycles. The van der Waals surface area contributed by atoms with Crippen molar-refractivity contribution < 1.29 is 9.59 Å². The molecule has 1 aliphatic carbocycles. The Morgan fingerprint density at radius 2 is 2.00 bits per heavy atom. The van der Waals surface area contributed by atoms with Crippen molar-refractivity contribution in [1.29, 1.82) is 0 Å². The zero-order valence-corrected chi connectivity index (χ0v) is 15.1. The van der Waals surface area contributed by atoms with Gasteiger partial charge in [0, 0.05) is 10.7 Å². The predicted octanol–water partition coefficient (Wildman–Crippen LogP) is 4.56. The first kappa shape index (κ1) is 16.2. The fourth-order valence-electron chi connectivity index (χ4n) is 2.26. The number of fused-ring (bicyclic) bond motifs is 1. The molecule has 0 amide bonds. The first-order chi connectivity index (χ1) is 11.0. The third-order valence-electron chi connectivity index (χ3n) is 3.32. The minimum atomic E-state index is -0.268. The molecular formula is C16H10BrClN2O2S. The molecule has 7 heteroatoms. The van der Waals surface area contributed by atoms with Crippen LogP contribution in [0.3, 0.4) is 0 Å². The average Bonchev–Trinajstić information content (AvgIpc) is 2.55. The lowest BCUT2D eigenvalue weighted by Gasteiger charge is -2.20. The van der Waals surface area contributed by atoms with Crippen molar-refractivity contribution in [3.8, 4) is 0 Å². The van der Waals surface area contributed by atoms with Crippen molar-refractivity contribution in [1.82, 2.24) is 4.98 Å². The van der Waals surface area contributed by atoms with E-state index < -0.39 is 0 Å². The zero-order chi connectivity index (χ0) is 16.6. The van der Waals surface area contributed by atoms with Crippen LogP contribution in [0.1, 0.15) is 20.8 Å². The van der Waals surface area contributed by atoms with Gasteiger partial charge in [-0.15, -0.1) is 11.8 Å². The standard InChI is InChI=1S/C16H10BrClN2O2S/c1-23-16-13(20-11-5-4-8(17)7-10(11)18)14(21)9-3-2-6-19-12(9)15(16)22/h2-7,20H,1H3. The Morgan fingerprint density at radius 3 is 2.70 bits per heavy atom. The quantitative estimate of drug-likeness (QED) is 0.805. The molecule has 3 rings (SSSR count). The van der Waals surface area contributed by atoms with E-state index in [1.165, 1.54) is 18.0 Å². The Balaban J connectivity index is 2.09. The summed E-state index contributed by atoms with van der Waals surface area (Å²) in [6.45, 7) is 0. The first-order valence-electron chi connectivity index (χ1n) is 6.57. The van der Waals surface area contributed by atoms with Gasteiger partial charge in [-0.25, -0.2) is 0 Å². The number of carbonyl (C=O) groups is 2. The van der Waals surface area contributed by atoms with Crippen molar-refractivity contribution in [2.45, 2.75) is 0 Å². The van der Waals surface area contributed by atoms with Crippen molar-refractivity contribution >= 4 is 56.5 Å². The van der Waals surface area contributed by atoms with E-state index in [9.17, 15) is 9.59 Å². The summed E-state index contributed by atoms with van der Waals surface area (Å²) in [4.78, 5) is 29.7. The molecule has 0 radical (unpaired) electrons. The van der Waals surface area contributed by atoms with E-state index in [0.29, 0.717) is 21.2 Å². The summed E-state index contributed by atoms with van der Waals surface area (Å²) in [6, 6.07) is 8.50. The summed E-state index contributed by atoms with van der Waals surface area (Å²) in [5.74, 6) is -0.528. The number of aromatic nitrogens is 1. The van der Waals surface area contributed by atoms with E-state index in [4.69, 9.17) is 11.6 Å². The third-order valence-corrected chi connectivity index (χ3v) is 4.93. The Hall–Kier alpha value is -1.63. The minimum Gasteiger partial charge on any atom is -0.350 e. The highest BCUT2D eigenvalue weighted by molar-refractivity contribution is 9.10. The van der Waals surface area contributed by atoms with Gasteiger partial charge in [-0.2, -0.15) is 0 Å². The second-order valence-corrected chi connectivity index (χ2v) is 6.85.